The molecule has 1 aromatic heterocycles. The van der Waals surface area contributed by atoms with Crippen molar-refractivity contribution in [3.05, 3.63) is 18.0 Å². The highest BCUT2D eigenvalue weighted by Gasteiger charge is 2.17. The lowest BCUT2D eigenvalue weighted by molar-refractivity contribution is 0.214. The molecule has 1 fully saturated rings. The van der Waals surface area contributed by atoms with Gasteiger partial charge < -0.3 is 4.90 Å². The maximum Gasteiger partial charge on any atom is 0.323 e. The van der Waals surface area contributed by atoms with E-state index in [1.807, 2.05) is 11.8 Å². The van der Waals surface area contributed by atoms with Gasteiger partial charge in [0.1, 0.15) is 5.82 Å². The van der Waals surface area contributed by atoms with Gasteiger partial charge in [0.2, 0.25) is 5.13 Å². The van der Waals surface area contributed by atoms with E-state index in [0.717, 1.165) is 32.4 Å². The first kappa shape index (κ1) is 12.0. The Morgan fingerprint density at radius 3 is 3.00 bits per heavy atom. The molecule has 0 bridgehead atoms. The Hall–Kier alpha value is -1.43. The largest absolute Gasteiger partial charge is 0.324 e. The number of nitrogens with zero attached hydrogens (tertiary/aromatic N) is 3. The first-order valence-corrected chi connectivity index (χ1v) is 6.45. The molecule has 0 atom stereocenters. The number of likely N-dealkylation sites (tertiary alicyclic amines) is 1. The Balaban J connectivity index is 1.93. The minimum atomic E-state index is -0.0872. The normalized spacial score (nSPS) is 16.8. The number of aromatic nitrogens is 2. The van der Waals surface area contributed by atoms with Crippen molar-refractivity contribution < 1.29 is 4.79 Å². The van der Waals surface area contributed by atoms with Gasteiger partial charge in [0.25, 0.3) is 0 Å². The third-order valence-corrected chi connectivity index (χ3v) is 3.44. The summed E-state index contributed by atoms with van der Waals surface area (Å²) in [6.45, 7) is 7.30. The summed E-state index contributed by atoms with van der Waals surface area (Å²) in [5.74, 6) is 0.689. The molecule has 1 saturated heterocycles. The van der Waals surface area contributed by atoms with Crippen LogP contribution < -0.4 is 5.32 Å². The van der Waals surface area contributed by atoms with Crippen LogP contribution in [-0.4, -0.2) is 33.4 Å². The maximum absolute atomic E-state index is 12.0. The van der Waals surface area contributed by atoms with E-state index in [1.54, 1.807) is 0 Å². The number of amides is 2. The molecule has 0 aromatic carbocycles. The third-order valence-electron chi connectivity index (χ3n) is 2.72. The van der Waals surface area contributed by atoms with Crippen LogP contribution in [0.15, 0.2) is 12.2 Å². The van der Waals surface area contributed by atoms with Crippen LogP contribution in [0.4, 0.5) is 9.93 Å². The third kappa shape index (κ3) is 3.26. The van der Waals surface area contributed by atoms with Crippen LogP contribution in [-0.2, 0) is 0 Å². The quantitative estimate of drug-likeness (QED) is 0.781. The molecule has 2 heterocycles. The zero-order chi connectivity index (χ0) is 12.3. The highest BCUT2D eigenvalue weighted by Crippen LogP contribution is 2.16. The Bertz CT molecular complexity index is 429. The lowest BCUT2D eigenvalue weighted by Gasteiger charge is -2.19. The van der Waals surface area contributed by atoms with Gasteiger partial charge in [-0.15, -0.1) is 0 Å². The molecule has 1 aliphatic heterocycles. The topological polar surface area (TPSA) is 58.1 Å². The van der Waals surface area contributed by atoms with E-state index in [1.165, 1.54) is 17.1 Å². The van der Waals surface area contributed by atoms with E-state index in [4.69, 9.17) is 0 Å². The fraction of sp³-hybridized carbons (Fsp3) is 0.545. The second-order valence-corrected chi connectivity index (χ2v) is 4.92. The van der Waals surface area contributed by atoms with Gasteiger partial charge in [-0.1, -0.05) is 12.2 Å². The predicted octanol–water partition coefficient (Wildman–Crippen LogP) is 2.42. The van der Waals surface area contributed by atoms with Crippen LogP contribution in [0, 0.1) is 6.92 Å². The fourth-order valence-corrected chi connectivity index (χ4v) is 2.34. The lowest BCUT2D eigenvalue weighted by Crippen LogP contribution is -2.35. The van der Waals surface area contributed by atoms with Crippen molar-refractivity contribution in [2.24, 2.45) is 0 Å². The van der Waals surface area contributed by atoms with E-state index >= 15 is 0 Å². The fourth-order valence-electron chi connectivity index (χ4n) is 1.77. The standard InChI is InChI=1S/C11H16N4OS/c1-8-4-3-6-15(7-5-8)11(16)13-10-12-9(2)14-17-10/h1,3-7H2,2H3,(H,12,13,14,16). The molecule has 2 amide bonds. The molecule has 17 heavy (non-hydrogen) atoms. The zero-order valence-corrected chi connectivity index (χ0v) is 10.7. The SMILES string of the molecule is C=C1CCCN(C(=O)Nc2nc(C)ns2)CC1. The van der Waals surface area contributed by atoms with Crippen LogP contribution >= 0.6 is 11.5 Å². The number of rotatable bonds is 1. The zero-order valence-electron chi connectivity index (χ0n) is 9.90. The first-order valence-electron chi connectivity index (χ1n) is 5.68. The van der Waals surface area contributed by atoms with Crippen molar-refractivity contribution in [2.75, 3.05) is 18.4 Å². The molecule has 0 radical (unpaired) electrons. The summed E-state index contributed by atoms with van der Waals surface area (Å²) in [5, 5.41) is 3.34. The van der Waals surface area contributed by atoms with Gasteiger partial charge in [-0.3, -0.25) is 5.32 Å². The summed E-state index contributed by atoms with van der Waals surface area (Å²) in [6.07, 6.45) is 2.89. The lowest BCUT2D eigenvalue weighted by atomic mass is 10.1. The van der Waals surface area contributed by atoms with Gasteiger partial charge in [0.15, 0.2) is 0 Å². The summed E-state index contributed by atoms with van der Waals surface area (Å²) in [5.41, 5.74) is 1.23. The minimum Gasteiger partial charge on any atom is -0.324 e. The van der Waals surface area contributed by atoms with E-state index in [-0.39, 0.29) is 6.03 Å². The molecule has 0 spiro atoms. The molecule has 1 aromatic rings. The number of nitrogens with one attached hydrogen (secondary N) is 1. The van der Waals surface area contributed by atoms with Gasteiger partial charge in [-0.25, -0.2) is 9.78 Å². The Labute approximate surface area is 105 Å². The molecule has 0 saturated carbocycles. The highest BCUT2D eigenvalue weighted by molar-refractivity contribution is 7.09. The number of hydrogen-bond donors (Lipinski definition) is 1. The molecular formula is C11H16N4OS. The molecular weight excluding hydrogens is 236 g/mol. The van der Waals surface area contributed by atoms with Crippen molar-refractivity contribution in [3.8, 4) is 0 Å². The highest BCUT2D eigenvalue weighted by atomic mass is 32.1. The van der Waals surface area contributed by atoms with Gasteiger partial charge >= 0.3 is 6.03 Å². The van der Waals surface area contributed by atoms with E-state index in [0.29, 0.717) is 11.0 Å². The van der Waals surface area contributed by atoms with Crippen LogP contribution in [0.25, 0.3) is 0 Å². The second-order valence-electron chi connectivity index (χ2n) is 4.17. The molecule has 2 rings (SSSR count). The summed E-state index contributed by atoms with van der Waals surface area (Å²) in [4.78, 5) is 17.9. The number of carbonyl (C=O) groups excluding carboxylic acids is 1. The van der Waals surface area contributed by atoms with Crippen molar-refractivity contribution in [3.63, 3.8) is 0 Å². The summed E-state index contributed by atoms with van der Waals surface area (Å²) in [7, 11) is 0. The van der Waals surface area contributed by atoms with Gasteiger partial charge in [-0.2, -0.15) is 4.37 Å². The van der Waals surface area contributed by atoms with E-state index in [9.17, 15) is 4.79 Å². The van der Waals surface area contributed by atoms with Crippen molar-refractivity contribution >= 4 is 22.7 Å². The Morgan fingerprint density at radius 1 is 1.47 bits per heavy atom. The second kappa shape index (κ2) is 5.27. The summed E-state index contributed by atoms with van der Waals surface area (Å²) in [6, 6.07) is -0.0872. The van der Waals surface area contributed by atoms with Gasteiger partial charge in [0, 0.05) is 24.6 Å². The number of carbonyl (C=O) groups is 1. The monoisotopic (exact) mass is 252 g/mol. The Kier molecular flexibility index (Phi) is 3.73. The van der Waals surface area contributed by atoms with Crippen LogP contribution in [0.1, 0.15) is 25.1 Å². The first-order chi connectivity index (χ1) is 8.15. The molecule has 0 unspecified atom stereocenters. The van der Waals surface area contributed by atoms with Gasteiger partial charge in [-0.05, 0) is 26.2 Å². The van der Waals surface area contributed by atoms with E-state index in [2.05, 4.69) is 21.3 Å². The number of hydrogen-bond acceptors (Lipinski definition) is 4. The molecule has 92 valence electrons. The average molecular weight is 252 g/mol. The maximum atomic E-state index is 12.0. The van der Waals surface area contributed by atoms with Crippen LogP contribution in [0.5, 0.6) is 0 Å². The van der Waals surface area contributed by atoms with Crippen molar-refractivity contribution in [1.29, 1.82) is 0 Å². The number of urea groups is 1. The number of anilines is 1. The molecule has 1 N–H and O–H groups in total. The summed E-state index contributed by atoms with van der Waals surface area (Å²) >= 11 is 1.21. The van der Waals surface area contributed by atoms with Crippen LogP contribution in [0.2, 0.25) is 0 Å². The number of aryl methyl sites for hydroxylation is 1. The molecule has 5 nitrogen and oxygen atoms in total. The van der Waals surface area contributed by atoms with Crippen molar-refractivity contribution in [2.45, 2.75) is 26.2 Å². The average Bonchev–Trinajstić information content (AvgIpc) is 2.56. The minimum absolute atomic E-state index is 0.0872. The summed E-state index contributed by atoms with van der Waals surface area (Å²) < 4.78 is 4.03. The van der Waals surface area contributed by atoms with Crippen LogP contribution in [0.3, 0.4) is 0 Å². The predicted molar refractivity (Wildman–Crippen MR) is 68.2 cm³/mol. The van der Waals surface area contributed by atoms with E-state index < -0.39 is 0 Å². The molecule has 1 aliphatic rings. The Morgan fingerprint density at radius 2 is 2.29 bits per heavy atom. The van der Waals surface area contributed by atoms with Gasteiger partial charge in [0.05, 0.1) is 0 Å². The molecule has 0 aliphatic carbocycles. The smallest absolute Gasteiger partial charge is 0.323 e. The molecule has 6 heteroatoms. The van der Waals surface area contributed by atoms with Crippen molar-refractivity contribution in [1.82, 2.24) is 14.3 Å².